The van der Waals surface area contributed by atoms with Crippen molar-refractivity contribution in [2.24, 2.45) is 13.0 Å². The molecule has 7 heteroatoms. The molecule has 0 N–H and O–H groups in total. The molecule has 1 aromatic heterocycles. The average Bonchev–Trinajstić information content (AvgIpc) is 3.49. The summed E-state index contributed by atoms with van der Waals surface area (Å²) in [5.74, 6) is -0.508. The number of hydrogen-bond donors (Lipinski definition) is 0. The van der Waals surface area contributed by atoms with Gasteiger partial charge in [0.15, 0.2) is 0 Å². The van der Waals surface area contributed by atoms with Gasteiger partial charge in [0.25, 0.3) is 0 Å². The van der Waals surface area contributed by atoms with Gasteiger partial charge in [0.1, 0.15) is 0 Å². The highest BCUT2D eigenvalue weighted by Crippen LogP contribution is 2.42. The Hall–Kier alpha value is -3.92. The number of amides is 2. The number of nitrogens with zero attached hydrogens (tertiary/aromatic N) is 5. The number of carbonyl (C=O) groups is 2. The highest BCUT2D eigenvalue weighted by molar-refractivity contribution is 6.05. The predicted molar refractivity (Wildman–Crippen MR) is 129 cm³/mol. The van der Waals surface area contributed by atoms with E-state index in [9.17, 15) is 14.9 Å². The fourth-order valence-corrected chi connectivity index (χ4v) is 5.10. The van der Waals surface area contributed by atoms with E-state index < -0.39 is 5.92 Å². The minimum Gasteiger partial charge on any atom is -0.312 e. The molecule has 1 fully saturated rings. The normalized spacial score (nSPS) is 18.8. The van der Waals surface area contributed by atoms with Crippen molar-refractivity contribution in [1.29, 1.82) is 5.26 Å². The van der Waals surface area contributed by atoms with E-state index in [1.807, 2.05) is 34.8 Å². The van der Waals surface area contributed by atoms with Gasteiger partial charge in [-0.25, -0.2) is 0 Å². The maximum atomic E-state index is 13.6. The third-order valence-corrected chi connectivity index (χ3v) is 6.97. The zero-order chi connectivity index (χ0) is 24.0. The Morgan fingerprint density at radius 2 is 2.03 bits per heavy atom. The summed E-state index contributed by atoms with van der Waals surface area (Å²) in [7, 11) is 1.94. The second-order valence-corrected chi connectivity index (χ2v) is 9.85. The Kier molecular flexibility index (Phi) is 5.24. The van der Waals surface area contributed by atoms with Crippen molar-refractivity contribution in [3.63, 3.8) is 0 Å². The van der Waals surface area contributed by atoms with Crippen LogP contribution >= 0.6 is 0 Å². The van der Waals surface area contributed by atoms with Crippen LogP contribution in [-0.4, -0.2) is 34.7 Å². The van der Waals surface area contributed by atoms with E-state index in [-0.39, 0.29) is 23.7 Å². The quantitative estimate of drug-likeness (QED) is 0.605. The van der Waals surface area contributed by atoms with Crippen molar-refractivity contribution < 1.29 is 9.59 Å². The molecule has 0 aliphatic carbocycles. The van der Waals surface area contributed by atoms with Crippen LogP contribution in [0.4, 0.5) is 11.4 Å². The maximum Gasteiger partial charge on any atom is 0.232 e. The fourth-order valence-electron chi connectivity index (χ4n) is 5.10. The molecule has 3 aromatic rings. The molecule has 34 heavy (non-hydrogen) atoms. The number of aryl methyl sites for hydroxylation is 1. The van der Waals surface area contributed by atoms with Crippen molar-refractivity contribution in [1.82, 2.24) is 9.78 Å². The highest BCUT2D eigenvalue weighted by Gasteiger charge is 2.43. The van der Waals surface area contributed by atoms with Gasteiger partial charge < -0.3 is 9.80 Å². The van der Waals surface area contributed by atoms with Gasteiger partial charge in [-0.2, -0.15) is 10.4 Å². The zero-order valence-corrected chi connectivity index (χ0v) is 19.7. The van der Waals surface area contributed by atoms with Crippen molar-refractivity contribution in [3.8, 4) is 6.07 Å². The molecule has 1 atom stereocenters. The molecular formula is C27H27N5O2. The molecule has 0 spiro atoms. The van der Waals surface area contributed by atoms with Crippen molar-refractivity contribution in [3.05, 3.63) is 77.1 Å². The van der Waals surface area contributed by atoms with E-state index in [0.29, 0.717) is 24.3 Å². The molecule has 1 saturated heterocycles. The lowest BCUT2D eigenvalue weighted by Gasteiger charge is -2.23. The minimum absolute atomic E-state index is 0.0153. The number of aromatic nitrogens is 2. The van der Waals surface area contributed by atoms with Crippen LogP contribution in [0.2, 0.25) is 0 Å². The van der Waals surface area contributed by atoms with Gasteiger partial charge >= 0.3 is 0 Å². The number of fused-ring (bicyclic) bond motifs is 1. The number of rotatable bonds is 4. The first-order valence-corrected chi connectivity index (χ1v) is 11.5. The van der Waals surface area contributed by atoms with E-state index in [2.05, 4.69) is 37.1 Å². The lowest BCUT2D eigenvalue weighted by molar-refractivity contribution is -0.124. The molecule has 0 bridgehead atoms. The Morgan fingerprint density at radius 3 is 2.76 bits per heavy atom. The molecule has 5 rings (SSSR count). The third-order valence-electron chi connectivity index (χ3n) is 6.97. The molecule has 2 aliphatic rings. The number of anilines is 2. The summed E-state index contributed by atoms with van der Waals surface area (Å²) >= 11 is 0. The Balaban J connectivity index is 1.38. The van der Waals surface area contributed by atoms with Gasteiger partial charge in [-0.05, 0) is 41.5 Å². The van der Waals surface area contributed by atoms with Gasteiger partial charge in [-0.1, -0.05) is 32.0 Å². The highest BCUT2D eigenvalue weighted by atomic mass is 16.2. The van der Waals surface area contributed by atoms with Gasteiger partial charge in [0.2, 0.25) is 11.8 Å². The molecule has 2 aromatic carbocycles. The Morgan fingerprint density at radius 1 is 1.21 bits per heavy atom. The van der Waals surface area contributed by atoms with Gasteiger partial charge in [0.05, 0.1) is 17.6 Å². The van der Waals surface area contributed by atoms with Crippen LogP contribution in [0.25, 0.3) is 0 Å². The molecule has 0 saturated carbocycles. The molecule has 3 heterocycles. The second kappa shape index (κ2) is 8.14. The summed E-state index contributed by atoms with van der Waals surface area (Å²) in [4.78, 5) is 29.9. The number of carbonyl (C=O) groups excluding carboxylic acids is 2. The minimum atomic E-state index is -0.408. The van der Waals surface area contributed by atoms with Crippen molar-refractivity contribution >= 4 is 23.2 Å². The van der Waals surface area contributed by atoms with Crippen LogP contribution in [0, 0.1) is 17.2 Å². The standard InChI is InChI=1S/C27H27N5O2/c1-27(2)17-32(24-8-7-18(13-23(24)27)11-21-9-10-29-30(21)3)26(34)20-14-25(33)31(16-20)22-6-4-5-19(12-22)15-28/h4-10,12-13,20H,11,14,16-17H2,1-3H3. The Labute approximate surface area is 199 Å². The van der Waals surface area contributed by atoms with E-state index in [4.69, 9.17) is 0 Å². The maximum absolute atomic E-state index is 13.6. The monoisotopic (exact) mass is 453 g/mol. The van der Waals surface area contributed by atoms with Crippen LogP contribution in [0.5, 0.6) is 0 Å². The first kappa shape index (κ1) is 21.9. The van der Waals surface area contributed by atoms with Crippen LogP contribution in [0.15, 0.2) is 54.7 Å². The van der Waals surface area contributed by atoms with Gasteiger partial charge in [-0.3, -0.25) is 14.3 Å². The molecule has 1 unspecified atom stereocenters. The van der Waals surface area contributed by atoms with Gasteiger partial charge in [0, 0.05) is 61.7 Å². The molecule has 7 nitrogen and oxygen atoms in total. The fraction of sp³-hybridized carbons (Fsp3) is 0.333. The van der Waals surface area contributed by atoms with E-state index in [0.717, 1.165) is 23.4 Å². The van der Waals surface area contributed by atoms with Crippen molar-refractivity contribution in [2.45, 2.75) is 32.1 Å². The Bertz CT molecular complexity index is 1330. The molecule has 2 amide bonds. The van der Waals surface area contributed by atoms with Crippen molar-refractivity contribution in [2.75, 3.05) is 22.9 Å². The predicted octanol–water partition coefficient (Wildman–Crippen LogP) is 3.56. The topological polar surface area (TPSA) is 82.2 Å². The number of nitriles is 1. The first-order chi connectivity index (χ1) is 16.3. The summed E-state index contributed by atoms with van der Waals surface area (Å²) in [6.45, 7) is 5.24. The number of benzene rings is 2. The lowest BCUT2D eigenvalue weighted by atomic mass is 9.86. The molecular weight excluding hydrogens is 426 g/mol. The smallest absolute Gasteiger partial charge is 0.232 e. The summed E-state index contributed by atoms with van der Waals surface area (Å²) in [6.07, 6.45) is 2.76. The number of hydrogen-bond acceptors (Lipinski definition) is 4. The third kappa shape index (κ3) is 3.75. The first-order valence-electron chi connectivity index (χ1n) is 11.5. The average molecular weight is 454 g/mol. The van der Waals surface area contributed by atoms with E-state index in [1.54, 1.807) is 29.3 Å². The second-order valence-electron chi connectivity index (χ2n) is 9.85. The summed E-state index contributed by atoms with van der Waals surface area (Å²) in [5.41, 5.74) is 5.39. The van der Waals surface area contributed by atoms with E-state index in [1.165, 1.54) is 5.56 Å². The summed E-state index contributed by atoms with van der Waals surface area (Å²) < 4.78 is 1.88. The summed E-state index contributed by atoms with van der Waals surface area (Å²) in [6, 6.07) is 17.4. The van der Waals surface area contributed by atoms with Crippen LogP contribution < -0.4 is 9.80 Å². The SMILES string of the molecule is Cn1nccc1Cc1ccc2c(c1)C(C)(C)CN2C(=O)C1CC(=O)N(c2cccc(C#N)c2)C1. The van der Waals surface area contributed by atoms with E-state index >= 15 is 0 Å². The molecule has 2 aliphatic heterocycles. The largest absolute Gasteiger partial charge is 0.312 e. The summed E-state index contributed by atoms with van der Waals surface area (Å²) in [5, 5.41) is 13.4. The van der Waals surface area contributed by atoms with Gasteiger partial charge in [-0.15, -0.1) is 0 Å². The van der Waals surface area contributed by atoms with Crippen LogP contribution in [0.3, 0.4) is 0 Å². The lowest BCUT2D eigenvalue weighted by Crippen LogP contribution is -2.39. The molecule has 0 radical (unpaired) electrons. The van der Waals surface area contributed by atoms with Crippen LogP contribution in [0.1, 0.15) is 42.7 Å². The molecule has 172 valence electrons. The zero-order valence-electron chi connectivity index (χ0n) is 19.7. The van der Waals surface area contributed by atoms with Crippen LogP contribution in [-0.2, 0) is 28.5 Å².